The molecule has 0 aliphatic carbocycles. The molecule has 6 nitrogen and oxygen atoms in total. The maximum atomic E-state index is 5.51. The van der Waals surface area contributed by atoms with Gasteiger partial charge >= 0.3 is 6.01 Å². The van der Waals surface area contributed by atoms with E-state index in [2.05, 4.69) is 41.6 Å². The lowest BCUT2D eigenvalue weighted by Gasteiger charge is -2.18. The standard InChI is InChI=1S/C12H22N4O2/c1-12(2,3)14-8-10-15-16-11(18-10)13-7-9-5-4-6-17-9/h9,14H,4-8H2,1-3H3,(H,13,16). The lowest BCUT2D eigenvalue weighted by Crippen LogP contribution is -2.35. The van der Waals surface area contributed by atoms with E-state index in [9.17, 15) is 0 Å². The molecule has 2 N–H and O–H groups in total. The summed E-state index contributed by atoms with van der Waals surface area (Å²) in [6, 6.07) is 0.469. The van der Waals surface area contributed by atoms with Crippen molar-refractivity contribution in [3.05, 3.63) is 5.89 Å². The van der Waals surface area contributed by atoms with Gasteiger partial charge in [-0.3, -0.25) is 0 Å². The lowest BCUT2D eigenvalue weighted by molar-refractivity contribution is 0.120. The third-order valence-corrected chi connectivity index (χ3v) is 2.74. The first kappa shape index (κ1) is 13.3. The van der Waals surface area contributed by atoms with Crippen LogP contribution in [0.4, 0.5) is 6.01 Å². The molecule has 2 heterocycles. The van der Waals surface area contributed by atoms with Crippen LogP contribution in [0.2, 0.25) is 0 Å². The van der Waals surface area contributed by atoms with Gasteiger partial charge in [-0.15, -0.1) is 5.10 Å². The van der Waals surface area contributed by atoms with Crippen molar-refractivity contribution >= 4 is 6.01 Å². The van der Waals surface area contributed by atoms with Crippen LogP contribution in [0.25, 0.3) is 0 Å². The fraction of sp³-hybridized carbons (Fsp3) is 0.833. The molecule has 0 spiro atoms. The number of rotatable bonds is 5. The van der Waals surface area contributed by atoms with Gasteiger partial charge in [-0.1, -0.05) is 5.10 Å². The van der Waals surface area contributed by atoms with Crippen LogP contribution in [0.15, 0.2) is 4.42 Å². The molecule has 0 amide bonds. The van der Waals surface area contributed by atoms with Gasteiger partial charge in [0.1, 0.15) is 0 Å². The molecule has 102 valence electrons. The topological polar surface area (TPSA) is 72.2 Å². The van der Waals surface area contributed by atoms with Gasteiger partial charge in [0.25, 0.3) is 0 Å². The Kier molecular flexibility index (Phi) is 4.19. The molecule has 1 aromatic rings. The van der Waals surface area contributed by atoms with Crippen molar-refractivity contribution < 1.29 is 9.15 Å². The van der Waals surface area contributed by atoms with Crippen LogP contribution in [-0.4, -0.2) is 35.0 Å². The van der Waals surface area contributed by atoms with E-state index in [1.807, 2.05) is 0 Å². The van der Waals surface area contributed by atoms with Gasteiger partial charge in [-0.2, -0.15) is 0 Å². The first-order valence-corrected chi connectivity index (χ1v) is 6.46. The third-order valence-electron chi connectivity index (χ3n) is 2.74. The van der Waals surface area contributed by atoms with Crippen LogP contribution in [0.1, 0.15) is 39.5 Å². The first-order valence-electron chi connectivity index (χ1n) is 6.46. The van der Waals surface area contributed by atoms with Crippen molar-refractivity contribution in [1.29, 1.82) is 0 Å². The van der Waals surface area contributed by atoms with Crippen LogP contribution in [0, 0.1) is 0 Å². The highest BCUT2D eigenvalue weighted by atomic mass is 16.5. The minimum absolute atomic E-state index is 0.0414. The summed E-state index contributed by atoms with van der Waals surface area (Å²) in [5.74, 6) is 0.597. The van der Waals surface area contributed by atoms with Gasteiger partial charge in [0.2, 0.25) is 5.89 Å². The molecule has 2 rings (SSSR count). The highest BCUT2D eigenvalue weighted by Crippen LogP contribution is 2.13. The highest BCUT2D eigenvalue weighted by molar-refractivity contribution is 5.17. The van der Waals surface area contributed by atoms with E-state index >= 15 is 0 Å². The molecule has 0 bridgehead atoms. The number of hydrogen-bond donors (Lipinski definition) is 2. The molecule has 1 unspecified atom stereocenters. The summed E-state index contributed by atoms with van der Waals surface area (Å²) in [5, 5.41) is 14.3. The van der Waals surface area contributed by atoms with E-state index in [0.717, 1.165) is 26.0 Å². The Balaban J connectivity index is 1.75. The average Bonchev–Trinajstić information content (AvgIpc) is 2.94. The van der Waals surface area contributed by atoms with Gasteiger partial charge in [0.15, 0.2) is 0 Å². The summed E-state index contributed by atoms with van der Waals surface area (Å²) < 4.78 is 11.0. The van der Waals surface area contributed by atoms with Crippen molar-refractivity contribution in [2.24, 2.45) is 0 Å². The van der Waals surface area contributed by atoms with Crippen molar-refractivity contribution in [2.75, 3.05) is 18.5 Å². The number of anilines is 1. The second-order valence-corrected chi connectivity index (χ2v) is 5.62. The van der Waals surface area contributed by atoms with Gasteiger partial charge < -0.3 is 19.8 Å². The number of nitrogens with zero attached hydrogens (tertiary/aromatic N) is 2. The molecule has 0 saturated carbocycles. The minimum atomic E-state index is 0.0414. The van der Waals surface area contributed by atoms with Crippen molar-refractivity contribution in [3.8, 4) is 0 Å². The monoisotopic (exact) mass is 254 g/mol. The van der Waals surface area contributed by atoms with Gasteiger partial charge in [-0.25, -0.2) is 0 Å². The van der Waals surface area contributed by atoms with Crippen LogP contribution in [-0.2, 0) is 11.3 Å². The van der Waals surface area contributed by atoms with E-state index in [0.29, 0.717) is 18.5 Å². The molecule has 0 aromatic carbocycles. The first-order chi connectivity index (χ1) is 8.53. The second-order valence-electron chi connectivity index (χ2n) is 5.62. The van der Waals surface area contributed by atoms with Gasteiger partial charge in [0, 0.05) is 18.7 Å². The molecule has 1 fully saturated rings. The normalized spacial score (nSPS) is 20.3. The van der Waals surface area contributed by atoms with Crippen molar-refractivity contribution in [3.63, 3.8) is 0 Å². The Morgan fingerprint density at radius 1 is 1.33 bits per heavy atom. The number of nitrogens with one attached hydrogen (secondary N) is 2. The number of ether oxygens (including phenoxy) is 1. The van der Waals surface area contributed by atoms with E-state index in [1.54, 1.807) is 0 Å². The van der Waals surface area contributed by atoms with Crippen molar-refractivity contribution in [2.45, 2.75) is 51.8 Å². The largest absolute Gasteiger partial charge is 0.407 e. The van der Waals surface area contributed by atoms with E-state index < -0.39 is 0 Å². The Bertz CT molecular complexity index is 366. The maximum Gasteiger partial charge on any atom is 0.315 e. The summed E-state index contributed by atoms with van der Waals surface area (Å²) in [4.78, 5) is 0. The molecule has 1 aromatic heterocycles. The SMILES string of the molecule is CC(C)(C)NCc1nnc(NCC2CCCO2)o1. The molecule has 0 radical (unpaired) electrons. The Labute approximate surface area is 107 Å². The predicted octanol–water partition coefficient (Wildman–Crippen LogP) is 1.55. The van der Waals surface area contributed by atoms with Gasteiger partial charge in [-0.05, 0) is 33.6 Å². The van der Waals surface area contributed by atoms with Crippen LogP contribution in [0.3, 0.4) is 0 Å². The zero-order chi connectivity index (χ0) is 13.0. The average molecular weight is 254 g/mol. The zero-order valence-corrected chi connectivity index (χ0v) is 11.3. The Morgan fingerprint density at radius 3 is 2.83 bits per heavy atom. The molecule has 1 atom stereocenters. The molecule has 1 aliphatic rings. The summed E-state index contributed by atoms with van der Waals surface area (Å²) in [6.45, 7) is 8.46. The fourth-order valence-corrected chi connectivity index (χ4v) is 1.74. The number of aromatic nitrogens is 2. The smallest absolute Gasteiger partial charge is 0.315 e. The molecular formula is C12H22N4O2. The van der Waals surface area contributed by atoms with Crippen LogP contribution < -0.4 is 10.6 Å². The summed E-state index contributed by atoms with van der Waals surface area (Å²) in [7, 11) is 0. The summed E-state index contributed by atoms with van der Waals surface area (Å²) in [5.41, 5.74) is 0.0414. The maximum absolute atomic E-state index is 5.51. The van der Waals surface area contributed by atoms with Crippen molar-refractivity contribution in [1.82, 2.24) is 15.5 Å². The van der Waals surface area contributed by atoms with E-state index in [-0.39, 0.29) is 11.6 Å². The molecule has 1 saturated heterocycles. The molecule has 6 heteroatoms. The highest BCUT2D eigenvalue weighted by Gasteiger charge is 2.16. The van der Waals surface area contributed by atoms with E-state index in [4.69, 9.17) is 9.15 Å². The summed E-state index contributed by atoms with van der Waals surface area (Å²) >= 11 is 0. The Morgan fingerprint density at radius 2 is 2.17 bits per heavy atom. The second kappa shape index (κ2) is 5.67. The van der Waals surface area contributed by atoms with Crippen LogP contribution >= 0.6 is 0 Å². The Hall–Kier alpha value is -1.14. The molecule has 18 heavy (non-hydrogen) atoms. The third kappa shape index (κ3) is 4.27. The van der Waals surface area contributed by atoms with Crippen LogP contribution in [0.5, 0.6) is 0 Å². The summed E-state index contributed by atoms with van der Waals surface area (Å²) in [6.07, 6.45) is 2.50. The number of hydrogen-bond acceptors (Lipinski definition) is 6. The molecule has 1 aliphatic heterocycles. The van der Waals surface area contributed by atoms with E-state index in [1.165, 1.54) is 0 Å². The quantitative estimate of drug-likeness (QED) is 0.830. The lowest BCUT2D eigenvalue weighted by atomic mass is 10.1. The predicted molar refractivity (Wildman–Crippen MR) is 68.4 cm³/mol. The fourth-order valence-electron chi connectivity index (χ4n) is 1.74. The van der Waals surface area contributed by atoms with Gasteiger partial charge in [0.05, 0.1) is 12.6 Å². The minimum Gasteiger partial charge on any atom is -0.407 e. The molecular weight excluding hydrogens is 232 g/mol. The zero-order valence-electron chi connectivity index (χ0n) is 11.3.